The summed E-state index contributed by atoms with van der Waals surface area (Å²) in [6.07, 6.45) is -1.74. The van der Waals surface area contributed by atoms with Crippen molar-refractivity contribution in [2.75, 3.05) is 20.3 Å². The van der Waals surface area contributed by atoms with Gasteiger partial charge in [0.25, 0.3) is 0 Å². The van der Waals surface area contributed by atoms with Gasteiger partial charge >= 0.3 is 6.18 Å². The van der Waals surface area contributed by atoms with Crippen LogP contribution in [-0.2, 0) is 4.74 Å². The van der Waals surface area contributed by atoms with E-state index in [9.17, 15) is 18.4 Å². The topological polar surface area (TPSA) is 45.0 Å². The third kappa shape index (κ3) is 4.14. The number of hydrogen-bond acceptors (Lipinski definition) is 3. The van der Waals surface area contributed by atoms with Crippen molar-refractivity contribution in [3.63, 3.8) is 0 Å². The molecule has 2 unspecified atom stereocenters. The number of ether oxygens (including phenoxy) is 1. The highest BCUT2D eigenvalue weighted by Crippen LogP contribution is 2.37. The second-order valence-corrected chi connectivity index (χ2v) is 4.69. The van der Waals surface area contributed by atoms with Crippen molar-refractivity contribution >= 4 is 0 Å². The van der Waals surface area contributed by atoms with Gasteiger partial charge in [0.2, 0.25) is 0 Å². The van der Waals surface area contributed by atoms with Gasteiger partial charge < -0.3 is 10.1 Å². The van der Waals surface area contributed by atoms with E-state index in [1.54, 1.807) is 7.05 Å². The second kappa shape index (κ2) is 6.39. The van der Waals surface area contributed by atoms with Gasteiger partial charge in [0.15, 0.2) is 0 Å². The molecule has 1 fully saturated rings. The number of nitrogens with one attached hydrogen (secondary N) is 1. The van der Waals surface area contributed by atoms with Gasteiger partial charge in [0.1, 0.15) is 5.54 Å². The van der Waals surface area contributed by atoms with Gasteiger partial charge in [0.05, 0.1) is 19.1 Å². The Morgan fingerprint density at radius 1 is 1.44 bits per heavy atom. The number of rotatable bonds is 6. The predicted molar refractivity (Wildman–Crippen MR) is 60.9 cm³/mol. The fourth-order valence-corrected chi connectivity index (χ4v) is 2.52. The summed E-state index contributed by atoms with van der Waals surface area (Å²) >= 11 is 0. The monoisotopic (exact) mass is 264 g/mol. The molecule has 0 aliphatic heterocycles. The van der Waals surface area contributed by atoms with E-state index < -0.39 is 18.1 Å². The molecule has 0 bridgehead atoms. The Bertz CT molecular complexity index is 301. The molecule has 18 heavy (non-hydrogen) atoms. The highest BCUT2D eigenvalue weighted by atomic mass is 19.4. The molecule has 1 N–H and O–H groups in total. The average molecular weight is 264 g/mol. The van der Waals surface area contributed by atoms with Crippen molar-refractivity contribution in [2.45, 2.75) is 43.8 Å². The Kier molecular flexibility index (Phi) is 5.42. The molecule has 0 amide bonds. The summed E-state index contributed by atoms with van der Waals surface area (Å²) in [5.41, 5.74) is -0.520. The molecule has 1 rings (SSSR count). The normalized spacial score (nSPS) is 28.3. The zero-order valence-corrected chi connectivity index (χ0v) is 10.5. The third-order valence-corrected chi connectivity index (χ3v) is 3.61. The fraction of sp³-hybridized carbons (Fsp3) is 0.917. The Morgan fingerprint density at radius 3 is 2.72 bits per heavy atom. The van der Waals surface area contributed by atoms with E-state index in [1.165, 1.54) is 0 Å². The summed E-state index contributed by atoms with van der Waals surface area (Å²) in [5.74, 6) is 0.165. The average Bonchev–Trinajstić information content (AvgIpc) is 2.71. The lowest BCUT2D eigenvalue weighted by Gasteiger charge is -2.28. The largest absolute Gasteiger partial charge is 0.391 e. The molecule has 1 aliphatic carbocycles. The van der Waals surface area contributed by atoms with Crippen LogP contribution in [0.1, 0.15) is 32.1 Å². The Hall–Kier alpha value is -0.800. The Balaban J connectivity index is 2.25. The van der Waals surface area contributed by atoms with Crippen molar-refractivity contribution in [3.8, 4) is 6.07 Å². The standard InChI is InChI=1S/C12H19F3N2O/c1-17-11(9-16)5-2-3-10(11)4-7-18-8-6-12(13,14)15/h10,17H,2-8H2,1H3. The molecule has 2 atom stereocenters. The molecule has 0 aromatic heterocycles. The molecule has 3 nitrogen and oxygen atoms in total. The lowest BCUT2D eigenvalue weighted by Crippen LogP contribution is -2.45. The number of hydrogen-bond donors (Lipinski definition) is 1. The number of alkyl halides is 3. The van der Waals surface area contributed by atoms with Crippen LogP contribution in [0, 0.1) is 17.2 Å². The van der Waals surface area contributed by atoms with Gasteiger partial charge in [-0.1, -0.05) is 6.42 Å². The van der Waals surface area contributed by atoms with Gasteiger partial charge in [-0.15, -0.1) is 0 Å². The highest BCUT2D eigenvalue weighted by molar-refractivity contribution is 5.13. The maximum absolute atomic E-state index is 11.9. The molecule has 0 saturated heterocycles. The maximum Gasteiger partial charge on any atom is 0.391 e. The van der Waals surface area contributed by atoms with Crippen molar-refractivity contribution in [1.29, 1.82) is 5.26 Å². The maximum atomic E-state index is 11.9. The van der Waals surface area contributed by atoms with Crippen molar-refractivity contribution in [1.82, 2.24) is 5.32 Å². The SMILES string of the molecule is CNC1(C#N)CCCC1CCOCCC(F)(F)F. The quantitative estimate of drug-likeness (QED) is 0.750. The Labute approximate surface area is 105 Å². The number of halogens is 3. The first-order valence-corrected chi connectivity index (χ1v) is 6.18. The molecular formula is C12H19F3N2O. The van der Waals surface area contributed by atoms with E-state index in [2.05, 4.69) is 11.4 Å². The van der Waals surface area contributed by atoms with Crippen LogP contribution >= 0.6 is 0 Å². The summed E-state index contributed by atoms with van der Waals surface area (Å²) in [5, 5.41) is 12.2. The van der Waals surface area contributed by atoms with Crippen LogP contribution in [0.5, 0.6) is 0 Å². The fourth-order valence-electron chi connectivity index (χ4n) is 2.52. The van der Waals surface area contributed by atoms with Gasteiger partial charge in [-0.2, -0.15) is 18.4 Å². The van der Waals surface area contributed by atoms with Gasteiger partial charge in [-0.3, -0.25) is 0 Å². The number of nitrogens with zero attached hydrogens (tertiary/aromatic N) is 1. The molecule has 0 aromatic rings. The molecular weight excluding hydrogens is 245 g/mol. The Morgan fingerprint density at radius 2 is 2.17 bits per heavy atom. The molecule has 1 saturated carbocycles. The molecule has 104 valence electrons. The molecule has 0 spiro atoms. The second-order valence-electron chi connectivity index (χ2n) is 4.69. The first kappa shape index (κ1) is 15.3. The van der Waals surface area contributed by atoms with E-state index >= 15 is 0 Å². The van der Waals surface area contributed by atoms with Gasteiger partial charge in [0, 0.05) is 6.61 Å². The summed E-state index contributed by atoms with van der Waals surface area (Å²) < 4.78 is 40.6. The molecule has 0 heterocycles. The summed E-state index contributed by atoms with van der Waals surface area (Å²) in [4.78, 5) is 0. The van der Waals surface area contributed by atoms with Crippen LogP contribution in [0.4, 0.5) is 13.2 Å². The predicted octanol–water partition coefficient (Wildman–Crippen LogP) is 2.63. The molecule has 6 heteroatoms. The zero-order chi connectivity index (χ0) is 13.6. The van der Waals surface area contributed by atoms with Crippen LogP contribution in [0.3, 0.4) is 0 Å². The first-order chi connectivity index (χ1) is 8.43. The molecule has 0 aromatic carbocycles. The van der Waals surface area contributed by atoms with E-state index in [1.807, 2.05) is 0 Å². The first-order valence-electron chi connectivity index (χ1n) is 6.18. The van der Waals surface area contributed by atoms with Crippen LogP contribution in [-0.4, -0.2) is 32.0 Å². The number of nitriles is 1. The van der Waals surface area contributed by atoms with Crippen LogP contribution in [0.2, 0.25) is 0 Å². The van der Waals surface area contributed by atoms with E-state index in [0.29, 0.717) is 6.42 Å². The third-order valence-electron chi connectivity index (χ3n) is 3.61. The van der Waals surface area contributed by atoms with Crippen molar-refractivity contribution < 1.29 is 17.9 Å². The van der Waals surface area contributed by atoms with Crippen molar-refractivity contribution in [2.24, 2.45) is 5.92 Å². The van der Waals surface area contributed by atoms with Crippen molar-refractivity contribution in [3.05, 3.63) is 0 Å². The van der Waals surface area contributed by atoms with Crippen LogP contribution in [0.25, 0.3) is 0 Å². The molecule has 0 radical (unpaired) electrons. The highest BCUT2D eigenvalue weighted by Gasteiger charge is 2.41. The minimum absolute atomic E-state index is 0.165. The minimum atomic E-state index is -4.16. The summed E-state index contributed by atoms with van der Waals surface area (Å²) in [6.45, 7) is -0.0127. The van der Waals surface area contributed by atoms with Gasteiger partial charge in [-0.05, 0) is 32.2 Å². The van der Waals surface area contributed by atoms with Crippen LogP contribution in [0.15, 0.2) is 0 Å². The van der Waals surface area contributed by atoms with Crippen LogP contribution < -0.4 is 5.32 Å². The van der Waals surface area contributed by atoms with Gasteiger partial charge in [-0.25, -0.2) is 0 Å². The smallest absolute Gasteiger partial charge is 0.381 e. The van der Waals surface area contributed by atoms with E-state index in [0.717, 1.165) is 19.3 Å². The van der Waals surface area contributed by atoms with E-state index in [4.69, 9.17) is 4.74 Å². The minimum Gasteiger partial charge on any atom is -0.381 e. The summed E-state index contributed by atoms with van der Waals surface area (Å²) in [7, 11) is 1.76. The zero-order valence-electron chi connectivity index (χ0n) is 10.5. The lowest BCUT2D eigenvalue weighted by atomic mass is 9.86. The van der Waals surface area contributed by atoms with E-state index in [-0.39, 0.29) is 19.1 Å². The summed E-state index contributed by atoms with van der Waals surface area (Å²) in [6, 6.07) is 2.30. The molecule has 1 aliphatic rings. The lowest BCUT2D eigenvalue weighted by molar-refractivity contribution is -0.145.